The average molecular weight is 395 g/mol. The molecule has 10 heteroatoms. The van der Waals surface area contributed by atoms with Gasteiger partial charge in [-0.25, -0.2) is 0 Å². The topological polar surface area (TPSA) is 52.6 Å². The number of carbonyl (C=O) groups is 2. The highest BCUT2D eigenvalue weighted by Crippen LogP contribution is 2.21. The molecule has 20 heavy (non-hydrogen) atoms. The predicted molar refractivity (Wildman–Crippen MR) is 100 cm³/mol. The van der Waals surface area contributed by atoms with E-state index >= 15 is 0 Å². The van der Waals surface area contributed by atoms with E-state index in [9.17, 15) is 9.59 Å². The van der Waals surface area contributed by atoms with Crippen LogP contribution < -0.4 is 0 Å². The minimum atomic E-state index is -0.340. The van der Waals surface area contributed by atoms with Crippen LogP contribution in [0.1, 0.15) is 0 Å². The molecular formula is C10H18O4S6. The summed E-state index contributed by atoms with van der Waals surface area (Å²) in [5.41, 5.74) is 0. The number of ether oxygens (including phenoxy) is 2. The second-order valence-corrected chi connectivity index (χ2v) is 7.40. The van der Waals surface area contributed by atoms with Gasteiger partial charge >= 0.3 is 11.9 Å². The van der Waals surface area contributed by atoms with E-state index in [1.54, 1.807) is 0 Å². The highest BCUT2D eigenvalue weighted by molar-refractivity contribution is 8.77. The monoisotopic (exact) mass is 394 g/mol. The number of esters is 2. The Morgan fingerprint density at radius 3 is 1.30 bits per heavy atom. The molecule has 0 unspecified atom stereocenters. The number of hydrogen-bond donors (Lipinski definition) is 4. The van der Waals surface area contributed by atoms with E-state index in [0.717, 1.165) is 0 Å². The van der Waals surface area contributed by atoms with Crippen LogP contribution in [0.15, 0.2) is 0 Å². The highest BCUT2D eigenvalue weighted by Gasteiger charge is 2.14. The van der Waals surface area contributed by atoms with Gasteiger partial charge in [0.1, 0.15) is 23.7 Å². The van der Waals surface area contributed by atoms with Crippen molar-refractivity contribution in [1.82, 2.24) is 0 Å². The molecule has 0 spiro atoms. The van der Waals surface area contributed by atoms with E-state index in [2.05, 4.69) is 50.5 Å². The summed E-state index contributed by atoms with van der Waals surface area (Å²) in [5.74, 6) is 1.40. The molecule has 0 radical (unpaired) electrons. The second-order valence-electron chi connectivity index (χ2n) is 3.48. The van der Waals surface area contributed by atoms with E-state index in [4.69, 9.17) is 9.47 Å². The molecule has 118 valence electrons. The van der Waals surface area contributed by atoms with Crippen molar-refractivity contribution in [2.24, 2.45) is 0 Å². The lowest BCUT2D eigenvalue weighted by Gasteiger charge is -2.13. The Balaban J connectivity index is 3.70. The number of rotatable bonds is 11. The molecule has 0 aliphatic rings. The summed E-state index contributed by atoms with van der Waals surface area (Å²) in [4.78, 5) is 22.9. The normalized spacial score (nSPS) is 10.9. The fraction of sp³-hybridized carbons (Fsp3) is 0.800. The average Bonchev–Trinajstić information content (AvgIpc) is 2.46. The zero-order valence-electron chi connectivity index (χ0n) is 10.6. The smallest absolute Gasteiger partial charge is 0.317 e. The molecule has 0 aliphatic carbocycles. The van der Waals surface area contributed by atoms with Crippen molar-refractivity contribution in [3.63, 3.8) is 0 Å². The number of carbonyl (C=O) groups excluding carboxylic acids is 2. The van der Waals surface area contributed by atoms with Gasteiger partial charge in [-0.3, -0.25) is 9.59 Å². The molecular weight excluding hydrogens is 377 g/mol. The van der Waals surface area contributed by atoms with Crippen molar-refractivity contribution < 1.29 is 19.1 Å². The molecule has 0 bridgehead atoms. The third-order valence-electron chi connectivity index (χ3n) is 1.85. The van der Waals surface area contributed by atoms with Crippen molar-refractivity contribution in [3.05, 3.63) is 0 Å². The molecule has 0 aliphatic heterocycles. The fourth-order valence-electron chi connectivity index (χ4n) is 0.884. The summed E-state index contributed by atoms with van der Waals surface area (Å²) >= 11 is 16.2. The molecule has 0 aromatic carbocycles. The molecule has 0 fully saturated rings. The molecule has 0 rings (SSSR count). The zero-order chi connectivity index (χ0) is 15.4. The summed E-state index contributed by atoms with van der Waals surface area (Å²) in [7, 11) is 2.50. The Kier molecular flexibility index (Phi) is 14.4. The van der Waals surface area contributed by atoms with Crippen LogP contribution in [0.4, 0.5) is 0 Å². The summed E-state index contributed by atoms with van der Waals surface area (Å²) in [6.45, 7) is 0. The maximum Gasteiger partial charge on any atom is 0.317 e. The van der Waals surface area contributed by atoms with Gasteiger partial charge < -0.3 is 9.47 Å². The summed E-state index contributed by atoms with van der Waals surface area (Å²) in [6, 6.07) is 0. The van der Waals surface area contributed by atoms with Crippen molar-refractivity contribution in [2.75, 3.05) is 34.5 Å². The lowest BCUT2D eigenvalue weighted by molar-refractivity contribution is -0.144. The van der Waals surface area contributed by atoms with E-state index in [1.165, 1.54) is 21.6 Å². The first-order valence-corrected chi connectivity index (χ1v) is 10.7. The molecule has 0 saturated carbocycles. The van der Waals surface area contributed by atoms with E-state index in [1.807, 2.05) is 0 Å². The maximum absolute atomic E-state index is 11.4. The van der Waals surface area contributed by atoms with Gasteiger partial charge in [0.05, 0.1) is 0 Å². The van der Waals surface area contributed by atoms with Gasteiger partial charge in [-0.15, -0.1) is 0 Å². The zero-order valence-corrected chi connectivity index (χ0v) is 15.8. The molecule has 0 amide bonds. The lowest BCUT2D eigenvalue weighted by Crippen LogP contribution is -2.23. The second kappa shape index (κ2) is 13.7. The van der Waals surface area contributed by atoms with Crippen molar-refractivity contribution in [3.8, 4) is 0 Å². The van der Waals surface area contributed by atoms with Gasteiger partial charge in [0.25, 0.3) is 0 Å². The summed E-state index contributed by atoms with van der Waals surface area (Å²) < 4.78 is 10.2. The van der Waals surface area contributed by atoms with Gasteiger partial charge in [0.2, 0.25) is 0 Å². The maximum atomic E-state index is 11.4. The standard InChI is InChI=1S/C10H18O4S6/c11-9(13-7(1-15)2-16)5-19-20-6-10(12)14-8(3-17)4-18/h7-8,15-18H,1-6H2. The third kappa shape index (κ3) is 10.7. The van der Waals surface area contributed by atoms with Crippen LogP contribution in [0.3, 0.4) is 0 Å². The Bertz CT molecular complexity index is 255. The molecule has 0 saturated heterocycles. The number of hydrogen-bond acceptors (Lipinski definition) is 10. The molecule has 0 aromatic heterocycles. The minimum absolute atomic E-state index is 0.165. The first-order chi connectivity index (χ1) is 9.57. The van der Waals surface area contributed by atoms with Crippen molar-refractivity contribution >= 4 is 84.0 Å². The van der Waals surface area contributed by atoms with Crippen molar-refractivity contribution in [2.45, 2.75) is 12.2 Å². The minimum Gasteiger partial charge on any atom is -0.460 e. The molecule has 0 aromatic rings. The van der Waals surface area contributed by atoms with E-state index in [0.29, 0.717) is 23.0 Å². The van der Waals surface area contributed by atoms with Gasteiger partial charge in [0.15, 0.2) is 0 Å². The fourth-order valence-corrected chi connectivity index (χ4v) is 3.68. The summed E-state index contributed by atoms with van der Waals surface area (Å²) in [5, 5.41) is 0. The first kappa shape index (κ1) is 21.0. The third-order valence-corrected chi connectivity index (χ3v) is 5.56. The molecule has 0 N–H and O–H groups in total. The van der Waals surface area contributed by atoms with Gasteiger partial charge in [0, 0.05) is 23.0 Å². The first-order valence-electron chi connectivity index (χ1n) is 5.64. The Morgan fingerprint density at radius 1 is 0.750 bits per heavy atom. The van der Waals surface area contributed by atoms with Gasteiger partial charge in [-0.05, 0) is 0 Å². The number of thiol groups is 4. The van der Waals surface area contributed by atoms with Crippen LogP contribution in [0.5, 0.6) is 0 Å². The molecule has 0 atom stereocenters. The van der Waals surface area contributed by atoms with Crippen LogP contribution in [-0.2, 0) is 19.1 Å². The van der Waals surface area contributed by atoms with Crippen LogP contribution in [0, 0.1) is 0 Å². The molecule has 0 heterocycles. The van der Waals surface area contributed by atoms with Crippen LogP contribution >= 0.6 is 72.1 Å². The molecule has 4 nitrogen and oxygen atoms in total. The lowest BCUT2D eigenvalue weighted by atomic mass is 10.5. The van der Waals surface area contributed by atoms with E-state index in [-0.39, 0.29) is 35.7 Å². The van der Waals surface area contributed by atoms with Gasteiger partial charge in [-0.2, -0.15) is 50.5 Å². The SMILES string of the molecule is O=C(CSSCC(=O)OC(CS)CS)OC(CS)CS. The Morgan fingerprint density at radius 2 is 1.05 bits per heavy atom. The van der Waals surface area contributed by atoms with Crippen molar-refractivity contribution in [1.29, 1.82) is 0 Å². The summed E-state index contributed by atoms with van der Waals surface area (Å²) in [6.07, 6.45) is -0.562. The Labute approximate surface area is 149 Å². The Hall–Kier alpha value is 1.04. The van der Waals surface area contributed by atoms with Crippen LogP contribution in [0.2, 0.25) is 0 Å². The van der Waals surface area contributed by atoms with Gasteiger partial charge in [-0.1, -0.05) is 21.6 Å². The van der Waals surface area contributed by atoms with Crippen LogP contribution in [-0.4, -0.2) is 58.7 Å². The van der Waals surface area contributed by atoms with E-state index < -0.39 is 0 Å². The quantitative estimate of drug-likeness (QED) is 0.186. The van der Waals surface area contributed by atoms with Crippen LogP contribution in [0.25, 0.3) is 0 Å². The predicted octanol–water partition coefficient (Wildman–Crippen LogP) is 1.91. The largest absolute Gasteiger partial charge is 0.460 e. The highest BCUT2D eigenvalue weighted by atomic mass is 33.1.